The minimum atomic E-state index is 0.622. The van der Waals surface area contributed by atoms with Crippen molar-refractivity contribution in [3.8, 4) is 11.4 Å². The van der Waals surface area contributed by atoms with Gasteiger partial charge in [0, 0.05) is 11.3 Å². The van der Waals surface area contributed by atoms with Crippen molar-refractivity contribution in [2.75, 3.05) is 0 Å². The zero-order valence-electron chi connectivity index (χ0n) is 11.2. The Balaban J connectivity index is 2.46. The van der Waals surface area contributed by atoms with Gasteiger partial charge in [-0.05, 0) is 34.3 Å². The van der Waals surface area contributed by atoms with Crippen LogP contribution in [0.1, 0.15) is 31.5 Å². The van der Waals surface area contributed by atoms with Crippen molar-refractivity contribution in [2.24, 2.45) is 0 Å². The van der Waals surface area contributed by atoms with Crippen molar-refractivity contribution in [1.29, 1.82) is 0 Å². The van der Waals surface area contributed by atoms with E-state index < -0.39 is 0 Å². The zero-order chi connectivity index (χ0) is 13.8. The van der Waals surface area contributed by atoms with E-state index in [4.69, 9.17) is 12.2 Å². The number of H-pyrrole nitrogens is 1. The Morgan fingerprint density at radius 2 is 1.89 bits per heavy atom. The van der Waals surface area contributed by atoms with E-state index in [9.17, 15) is 0 Å². The van der Waals surface area contributed by atoms with E-state index in [0.717, 1.165) is 40.8 Å². The largest absolute Gasteiger partial charge is 0.342 e. The summed E-state index contributed by atoms with van der Waals surface area (Å²) >= 11 is 8.83. The number of aryl methyl sites for hydroxylation is 2. The van der Waals surface area contributed by atoms with Crippen LogP contribution < -0.4 is 0 Å². The summed E-state index contributed by atoms with van der Waals surface area (Å²) in [5, 5.41) is 0. The molecule has 0 unspecified atom stereocenters. The molecule has 0 radical (unpaired) electrons. The van der Waals surface area contributed by atoms with Gasteiger partial charge in [0.1, 0.15) is 10.5 Å². The molecule has 0 fully saturated rings. The highest BCUT2D eigenvalue weighted by Gasteiger charge is 2.07. The van der Waals surface area contributed by atoms with E-state index in [1.54, 1.807) is 0 Å². The van der Waals surface area contributed by atoms with Crippen LogP contribution in [0.25, 0.3) is 11.4 Å². The fraction of sp³-hybridized carbons (Fsp3) is 0.333. The Labute approximate surface area is 127 Å². The SMILES string of the molecule is CCCc1[nH]c(-c2ccc(CC)cc2)nc(=S)c1Br. The minimum absolute atomic E-state index is 0.622. The maximum atomic E-state index is 5.31. The van der Waals surface area contributed by atoms with E-state index in [2.05, 4.69) is 64.0 Å². The lowest BCUT2D eigenvalue weighted by Crippen LogP contribution is -1.98. The van der Waals surface area contributed by atoms with Crippen molar-refractivity contribution in [3.05, 3.63) is 44.6 Å². The molecule has 0 amide bonds. The molecule has 100 valence electrons. The molecular weight excluding hydrogens is 320 g/mol. The van der Waals surface area contributed by atoms with Gasteiger partial charge in [0.2, 0.25) is 0 Å². The summed E-state index contributed by atoms with van der Waals surface area (Å²) in [6.07, 6.45) is 3.08. The summed E-state index contributed by atoms with van der Waals surface area (Å²) in [5.74, 6) is 0.847. The molecule has 0 spiro atoms. The molecule has 0 saturated heterocycles. The molecule has 1 N–H and O–H groups in total. The smallest absolute Gasteiger partial charge is 0.144 e. The van der Waals surface area contributed by atoms with Crippen LogP contribution in [0.5, 0.6) is 0 Å². The van der Waals surface area contributed by atoms with Crippen molar-refractivity contribution in [3.63, 3.8) is 0 Å². The summed E-state index contributed by atoms with van der Waals surface area (Å²) in [6.45, 7) is 4.30. The summed E-state index contributed by atoms with van der Waals surface area (Å²) in [4.78, 5) is 7.84. The van der Waals surface area contributed by atoms with Crippen LogP contribution in [0.15, 0.2) is 28.7 Å². The van der Waals surface area contributed by atoms with Crippen LogP contribution in [0.4, 0.5) is 0 Å². The molecular formula is C15H17BrN2S. The molecule has 0 atom stereocenters. The third kappa shape index (κ3) is 3.31. The maximum Gasteiger partial charge on any atom is 0.144 e. The highest BCUT2D eigenvalue weighted by Crippen LogP contribution is 2.22. The van der Waals surface area contributed by atoms with Crippen molar-refractivity contribution < 1.29 is 0 Å². The number of nitrogens with zero attached hydrogens (tertiary/aromatic N) is 1. The van der Waals surface area contributed by atoms with Crippen molar-refractivity contribution in [2.45, 2.75) is 33.1 Å². The minimum Gasteiger partial charge on any atom is -0.342 e. The number of benzene rings is 1. The van der Waals surface area contributed by atoms with E-state index >= 15 is 0 Å². The predicted molar refractivity (Wildman–Crippen MR) is 85.9 cm³/mol. The van der Waals surface area contributed by atoms with Gasteiger partial charge in [-0.25, -0.2) is 4.98 Å². The maximum absolute atomic E-state index is 5.31. The molecule has 2 aromatic rings. The summed E-state index contributed by atoms with van der Waals surface area (Å²) in [5.41, 5.74) is 3.53. The van der Waals surface area contributed by atoms with Crippen molar-refractivity contribution >= 4 is 28.1 Å². The molecule has 0 aliphatic rings. The quantitative estimate of drug-likeness (QED) is 0.788. The molecule has 0 saturated carbocycles. The topological polar surface area (TPSA) is 28.7 Å². The third-order valence-corrected chi connectivity index (χ3v) is 4.48. The average Bonchev–Trinajstić information content (AvgIpc) is 2.44. The fourth-order valence-corrected chi connectivity index (χ4v) is 2.56. The molecule has 2 nitrogen and oxygen atoms in total. The molecule has 1 aromatic carbocycles. The highest BCUT2D eigenvalue weighted by molar-refractivity contribution is 9.10. The summed E-state index contributed by atoms with van der Waals surface area (Å²) in [7, 11) is 0. The Kier molecular flexibility index (Phi) is 4.88. The first-order valence-corrected chi connectivity index (χ1v) is 7.73. The van der Waals surface area contributed by atoms with Gasteiger partial charge in [0.15, 0.2) is 0 Å². The van der Waals surface area contributed by atoms with Crippen LogP contribution in [0.3, 0.4) is 0 Å². The Hall–Kier alpha value is -1.00. The lowest BCUT2D eigenvalue weighted by molar-refractivity contribution is 0.865. The Morgan fingerprint density at radius 3 is 2.47 bits per heavy atom. The number of aromatic nitrogens is 2. The van der Waals surface area contributed by atoms with E-state index in [1.165, 1.54) is 5.56 Å². The molecule has 1 aromatic heterocycles. The Morgan fingerprint density at radius 1 is 1.21 bits per heavy atom. The van der Waals surface area contributed by atoms with Gasteiger partial charge in [-0.1, -0.05) is 56.8 Å². The molecule has 0 aliphatic carbocycles. The monoisotopic (exact) mass is 336 g/mol. The van der Waals surface area contributed by atoms with Crippen LogP contribution in [-0.4, -0.2) is 9.97 Å². The normalized spacial score (nSPS) is 10.7. The standard InChI is InChI=1S/C15H17BrN2S/c1-3-5-12-13(16)15(19)18-14(17-12)11-8-6-10(4-2)7-9-11/h6-9H,3-5H2,1-2H3,(H,17,18,19). The fourth-order valence-electron chi connectivity index (χ4n) is 1.96. The number of halogens is 1. The van der Waals surface area contributed by atoms with Gasteiger partial charge in [-0.15, -0.1) is 0 Å². The first-order chi connectivity index (χ1) is 9.15. The molecule has 0 aliphatic heterocycles. The Bertz CT molecular complexity index is 617. The van der Waals surface area contributed by atoms with Gasteiger partial charge >= 0.3 is 0 Å². The van der Waals surface area contributed by atoms with Crippen LogP contribution in [-0.2, 0) is 12.8 Å². The lowest BCUT2D eigenvalue weighted by Gasteiger charge is -2.08. The molecule has 1 heterocycles. The second kappa shape index (κ2) is 6.44. The molecule has 2 rings (SSSR count). The average molecular weight is 337 g/mol. The van der Waals surface area contributed by atoms with E-state index in [-0.39, 0.29) is 0 Å². The van der Waals surface area contributed by atoms with Gasteiger partial charge < -0.3 is 4.98 Å². The van der Waals surface area contributed by atoms with E-state index in [1.807, 2.05) is 0 Å². The van der Waals surface area contributed by atoms with Crippen LogP contribution in [0, 0.1) is 4.64 Å². The predicted octanol–water partition coefficient (Wildman–Crippen LogP) is 5.08. The number of hydrogen-bond acceptors (Lipinski definition) is 2. The van der Waals surface area contributed by atoms with Gasteiger partial charge in [-0.2, -0.15) is 0 Å². The summed E-state index contributed by atoms with van der Waals surface area (Å²) < 4.78 is 1.54. The number of hydrogen-bond donors (Lipinski definition) is 1. The third-order valence-electron chi connectivity index (χ3n) is 3.07. The number of rotatable bonds is 4. The van der Waals surface area contributed by atoms with Crippen LogP contribution in [0.2, 0.25) is 0 Å². The second-order valence-electron chi connectivity index (χ2n) is 4.48. The number of nitrogens with one attached hydrogen (secondary N) is 1. The zero-order valence-corrected chi connectivity index (χ0v) is 13.6. The van der Waals surface area contributed by atoms with Gasteiger partial charge in [0.25, 0.3) is 0 Å². The summed E-state index contributed by atoms with van der Waals surface area (Å²) in [6, 6.07) is 8.46. The van der Waals surface area contributed by atoms with E-state index in [0.29, 0.717) is 4.64 Å². The van der Waals surface area contributed by atoms with Crippen molar-refractivity contribution in [1.82, 2.24) is 9.97 Å². The molecule has 19 heavy (non-hydrogen) atoms. The first-order valence-electron chi connectivity index (χ1n) is 6.53. The van der Waals surface area contributed by atoms with Gasteiger partial charge in [0.05, 0.1) is 4.47 Å². The highest BCUT2D eigenvalue weighted by atomic mass is 79.9. The molecule has 0 bridgehead atoms. The first kappa shape index (κ1) is 14.4. The second-order valence-corrected chi connectivity index (χ2v) is 5.66. The number of aromatic amines is 1. The van der Waals surface area contributed by atoms with Crippen LogP contribution >= 0.6 is 28.1 Å². The lowest BCUT2D eigenvalue weighted by atomic mass is 10.1. The molecule has 4 heteroatoms. The van der Waals surface area contributed by atoms with Gasteiger partial charge in [-0.3, -0.25) is 0 Å².